The summed E-state index contributed by atoms with van der Waals surface area (Å²) in [4.78, 5) is 34.1. The van der Waals surface area contributed by atoms with Crippen molar-refractivity contribution in [1.29, 1.82) is 0 Å². The maximum atomic E-state index is 13.9. The van der Waals surface area contributed by atoms with Gasteiger partial charge in [-0.15, -0.1) is 0 Å². The van der Waals surface area contributed by atoms with Crippen molar-refractivity contribution in [3.63, 3.8) is 0 Å². The molecular formula is C30H38N4O3. The average molecular weight is 503 g/mol. The second-order valence-corrected chi connectivity index (χ2v) is 10.7. The van der Waals surface area contributed by atoms with E-state index in [0.29, 0.717) is 31.7 Å². The van der Waals surface area contributed by atoms with Crippen molar-refractivity contribution >= 4 is 16.8 Å². The number of nitrogens with zero attached hydrogens (tertiary/aromatic N) is 4. The van der Waals surface area contributed by atoms with E-state index in [9.17, 15) is 9.59 Å². The first-order valence-corrected chi connectivity index (χ1v) is 13.4. The number of benzene rings is 2. The number of pyridine rings is 1. The number of rotatable bonds is 7. The number of amides is 1. The minimum Gasteiger partial charge on any atom is -0.379 e. The maximum absolute atomic E-state index is 13.9. The summed E-state index contributed by atoms with van der Waals surface area (Å²) in [6.07, 6.45) is 2.28. The standard InChI is InChI=1S/C30H38N4O3/c1-31-14-16-34(17-15-31)30(13-8-18-37-23-30)22-33(28(35)19-24-9-4-3-5-10-24)21-26-20-25-11-6-7-12-27(25)32(2)29(26)36/h3-7,9-12,20H,8,13-19,21-23H2,1-2H3. The van der Waals surface area contributed by atoms with Crippen LogP contribution in [0.1, 0.15) is 24.0 Å². The number of ether oxygens (including phenoxy) is 1. The Bertz CT molecular complexity index is 1270. The molecule has 5 rings (SSSR count). The molecule has 2 aliphatic rings. The van der Waals surface area contributed by atoms with E-state index in [4.69, 9.17) is 4.74 Å². The van der Waals surface area contributed by atoms with E-state index in [2.05, 4.69) is 16.8 Å². The predicted molar refractivity (Wildman–Crippen MR) is 147 cm³/mol. The van der Waals surface area contributed by atoms with Crippen molar-refractivity contribution < 1.29 is 9.53 Å². The fourth-order valence-electron chi connectivity index (χ4n) is 5.87. The van der Waals surface area contributed by atoms with E-state index in [1.807, 2.05) is 72.6 Å². The Balaban J connectivity index is 1.49. The van der Waals surface area contributed by atoms with E-state index < -0.39 is 0 Å². The number of carbonyl (C=O) groups excluding carboxylic acids is 1. The van der Waals surface area contributed by atoms with Crippen LogP contribution < -0.4 is 5.56 Å². The minimum absolute atomic E-state index is 0.0421. The highest BCUT2D eigenvalue weighted by molar-refractivity contribution is 5.81. The molecule has 3 heterocycles. The second kappa shape index (κ2) is 11.2. The Morgan fingerprint density at radius 3 is 2.46 bits per heavy atom. The number of aromatic nitrogens is 1. The van der Waals surface area contributed by atoms with Gasteiger partial charge in [-0.25, -0.2) is 0 Å². The predicted octanol–water partition coefficient (Wildman–Crippen LogP) is 2.91. The van der Waals surface area contributed by atoms with Gasteiger partial charge in [0.2, 0.25) is 5.91 Å². The number of aryl methyl sites for hydroxylation is 1. The molecule has 0 radical (unpaired) electrons. The highest BCUT2D eigenvalue weighted by Crippen LogP contribution is 2.30. The van der Waals surface area contributed by atoms with Crippen LogP contribution in [0.4, 0.5) is 0 Å². The highest BCUT2D eigenvalue weighted by Gasteiger charge is 2.42. The van der Waals surface area contributed by atoms with Crippen LogP contribution in [0.2, 0.25) is 0 Å². The maximum Gasteiger partial charge on any atom is 0.255 e. The molecule has 0 aliphatic carbocycles. The Morgan fingerprint density at radius 1 is 1.00 bits per heavy atom. The highest BCUT2D eigenvalue weighted by atomic mass is 16.5. The van der Waals surface area contributed by atoms with E-state index in [1.54, 1.807) is 4.57 Å². The summed E-state index contributed by atoms with van der Waals surface area (Å²) in [6, 6.07) is 19.7. The molecule has 2 aromatic carbocycles. The zero-order valence-electron chi connectivity index (χ0n) is 22.1. The lowest BCUT2D eigenvalue weighted by Crippen LogP contribution is -2.64. The Morgan fingerprint density at radius 2 is 1.73 bits per heavy atom. The molecule has 0 spiro atoms. The van der Waals surface area contributed by atoms with Gasteiger partial charge in [-0.05, 0) is 43.0 Å². The molecule has 2 fully saturated rings. The lowest BCUT2D eigenvalue weighted by molar-refractivity contribution is -0.137. The molecule has 1 amide bonds. The van der Waals surface area contributed by atoms with Crippen LogP contribution in [0.15, 0.2) is 65.5 Å². The van der Waals surface area contributed by atoms with Crippen molar-refractivity contribution in [3.8, 4) is 0 Å². The van der Waals surface area contributed by atoms with E-state index in [-0.39, 0.29) is 17.0 Å². The van der Waals surface area contributed by atoms with Gasteiger partial charge in [0, 0.05) is 51.9 Å². The van der Waals surface area contributed by atoms with E-state index in [1.165, 1.54) is 0 Å². The number of likely N-dealkylation sites (N-methyl/N-ethyl adjacent to an activating group) is 1. The molecule has 1 aromatic heterocycles. The van der Waals surface area contributed by atoms with Crippen LogP contribution in [0.25, 0.3) is 10.9 Å². The lowest BCUT2D eigenvalue weighted by atomic mass is 9.88. The van der Waals surface area contributed by atoms with Crippen molar-refractivity contribution in [1.82, 2.24) is 19.3 Å². The van der Waals surface area contributed by atoms with Gasteiger partial charge in [-0.2, -0.15) is 0 Å². The van der Waals surface area contributed by atoms with Crippen molar-refractivity contribution in [2.45, 2.75) is 31.3 Å². The molecule has 2 saturated heterocycles. The van der Waals surface area contributed by atoms with Crippen LogP contribution in [0.3, 0.4) is 0 Å². The molecule has 196 valence electrons. The molecule has 1 atom stereocenters. The zero-order chi connectivity index (χ0) is 25.8. The molecule has 37 heavy (non-hydrogen) atoms. The summed E-state index contributed by atoms with van der Waals surface area (Å²) in [5, 5.41) is 1.00. The van der Waals surface area contributed by atoms with Gasteiger partial charge in [0.25, 0.3) is 5.56 Å². The topological polar surface area (TPSA) is 58.0 Å². The normalized spacial score (nSPS) is 21.2. The largest absolute Gasteiger partial charge is 0.379 e. The third kappa shape index (κ3) is 5.64. The molecule has 0 bridgehead atoms. The Labute approximate surface area is 219 Å². The molecule has 0 saturated carbocycles. The van der Waals surface area contributed by atoms with E-state index >= 15 is 0 Å². The Kier molecular flexibility index (Phi) is 7.74. The third-order valence-corrected chi connectivity index (χ3v) is 8.08. The van der Waals surface area contributed by atoms with Gasteiger partial charge in [0.05, 0.1) is 30.6 Å². The number of fused-ring (bicyclic) bond motifs is 1. The smallest absolute Gasteiger partial charge is 0.255 e. The first-order chi connectivity index (χ1) is 17.9. The first kappa shape index (κ1) is 25.6. The van der Waals surface area contributed by atoms with Gasteiger partial charge in [-0.1, -0.05) is 48.5 Å². The van der Waals surface area contributed by atoms with Crippen LogP contribution in [-0.2, 0) is 29.5 Å². The van der Waals surface area contributed by atoms with E-state index in [0.717, 1.165) is 62.1 Å². The molecule has 0 N–H and O–H groups in total. The summed E-state index contributed by atoms with van der Waals surface area (Å²) >= 11 is 0. The van der Waals surface area contributed by atoms with Crippen molar-refractivity contribution in [2.75, 3.05) is 53.0 Å². The van der Waals surface area contributed by atoms with Gasteiger partial charge >= 0.3 is 0 Å². The second-order valence-electron chi connectivity index (χ2n) is 10.7. The number of piperazine rings is 1. The fourth-order valence-corrected chi connectivity index (χ4v) is 5.87. The fraction of sp³-hybridized carbons (Fsp3) is 0.467. The van der Waals surface area contributed by atoms with Crippen LogP contribution in [-0.4, -0.2) is 83.7 Å². The molecule has 3 aromatic rings. The summed E-state index contributed by atoms with van der Waals surface area (Å²) < 4.78 is 7.75. The SMILES string of the molecule is CN1CCN(C2(CN(Cc3cc4ccccc4n(C)c3=O)C(=O)Cc3ccccc3)CCCOC2)CC1. The van der Waals surface area contributed by atoms with Crippen molar-refractivity contribution in [3.05, 3.63) is 82.1 Å². The van der Waals surface area contributed by atoms with Gasteiger partial charge in [0.15, 0.2) is 0 Å². The van der Waals surface area contributed by atoms with Crippen LogP contribution in [0, 0.1) is 0 Å². The molecular weight excluding hydrogens is 464 g/mol. The summed E-state index contributed by atoms with van der Waals surface area (Å²) in [5.74, 6) is 0.0421. The number of hydrogen-bond donors (Lipinski definition) is 0. The summed E-state index contributed by atoms with van der Waals surface area (Å²) in [7, 11) is 3.97. The number of para-hydroxylation sites is 1. The minimum atomic E-state index is -0.242. The third-order valence-electron chi connectivity index (χ3n) is 8.08. The lowest BCUT2D eigenvalue weighted by Gasteiger charge is -2.50. The van der Waals surface area contributed by atoms with Crippen molar-refractivity contribution in [2.24, 2.45) is 7.05 Å². The number of carbonyl (C=O) groups is 1. The molecule has 1 unspecified atom stereocenters. The Hall–Kier alpha value is -3.00. The van der Waals surface area contributed by atoms with Gasteiger partial charge < -0.3 is 19.1 Å². The molecule has 7 nitrogen and oxygen atoms in total. The van der Waals surface area contributed by atoms with Gasteiger partial charge in [0.1, 0.15) is 0 Å². The average Bonchev–Trinajstić information content (AvgIpc) is 2.92. The molecule has 2 aliphatic heterocycles. The summed E-state index contributed by atoms with van der Waals surface area (Å²) in [5.41, 5.74) is 2.23. The number of hydrogen-bond acceptors (Lipinski definition) is 5. The van der Waals surface area contributed by atoms with Crippen LogP contribution >= 0.6 is 0 Å². The molecule has 7 heteroatoms. The first-order valence-electron chi connectivity index (χ1n) is 13.4. The zero-order valence-corrected chi connectivity index (χ0v) is 22.1. The summed E-state index contributed by atoms with van der Waals surface area (Å²) in [6.45, 7) is 6.14. The quantitative estimate of drug-likeness (QED) is 0.497. The van der Waals surface area contributed by atoms with Gasteiger partial charge in [-0.3, -0.25) is 14.5 Å². The van der Waals surface area contributed by atoms with Crippen LogP contribution in [0.5, 0.6) is 0 Å². The monoisotopic (exact) mass is 502 g/mol.